The Bertz CT molecular complexity index is 898. The Morgan fingerprint density at radius 2 is 1.32 bits per heavy atom. The van der Waals surface area contributed by atoms with Gasteiger partial charge in [-0.05, 0) is 36.0 Å². The lowest BCUT2D eigenvalue weighted by Gasteiger charge is -2.36. The van der Waals surface area contributed by atoms with E-state index >= 15 is 0 Å². The van der Waals surface area contributed by atoms with E-state index < -0.39 is 11.7 Å². The molecule has 5 nitrogen and oxygen atoms in total. The molecule has 0 bridgehead atoms. The molecule has 180 valence electrons. The predicted octanol–water partition coefficient (Wildman–Crippen LogP) is 5.18. The summed E-state index contributed by atoms with van der Waals surface area (Å²) in [6.45, 7) is 2.26. The van der Waals surface area contributed by atoms with Gasteiger partial charge in [-0.1, -0.05) is 97.9 Å². The van der Waals surface area contributed by atoms with Gasteiger partial charge in [-0.15, -0.1) is 0 Å². The molecule has 0 saturated heterocycles. The summed E-state index contributed by atoms with van der Waals surface area (Å²) >= 11 is 0. The largest absolute Gasteiger partial charge is 0.393 e. The molecule has 0 heterocycles. The molecule has 2 atom stereocenters. The number of benzene rings is 3. The lowest BCUT2D eigenvalue weighted by atomic mass is 9.80. The minimum absolute atomic E-state index is 0.144. The first-order chi connectivity index (χ1) is 16.5. The van der Waals surface area contributed by atoms with Gasteiger partial charge in [-0.2, -0.15) is 0 Å². The number of hydrogen-bond donors (Lipinski definition) is 1. The van der Waals surface area contributed by atoms with E-state index in [4.69, 9.17) is 9.57 Å². The van der Waals surface area contributed by atoms with E-state index in [1.54, 1.807) is 7.05 Å². The lowest BCUT2D eigenvalue weighted by Crippen LogP contribution is -2.34. The van der Waals surface area contributed by atoms with E-state index in [1.165, 1.54) is 12.2 Å². The highest BCUT2D eigenvalue weighted by molar-refractivity contribution is 5.77. The topological polar surface area (TPSA) is 59.0 Å². The Kier molecular flexibility index (Phi) is 9.40. The minimum Gasteiger partial charge on any atom is -0.393 e. The average Bonchev–Trinajstić information content (AvgIpc) is 2.89. The molecule has 0 aliphatic heterocycles. The van der Waals surface area contributed by atoms with Crippen molar-refractivity contribution >= 4 is 5.91 Å². The summed E-state index contributed by atoms with van der Waals surface area (Å²) in [4.78, 5) is 17.2. The smallest absolute Gasteiger partial charge is 0.248 e. The predicted molar refractivity (Wildman–Crippen MR) is 134 cm³/mol. The summed E-state index contributed by atoms with van der Waals surface area (Å²) < 4.78 is 6.74. The summed E-state index contributed by atoms with van der Waals surface area (Å²) in [5.74, 6) is -0.466. The fourth-order valence-electron chi connectivity index (χ4n) is 4.34. The standard InChI is InChI=1S/C29H35NO4/c1-23(28(32)30(2)33-3)22-27(31)20-13-21-34-29(24-14-7-4-8-15-24,25-16-9-5-10-17-25)26-18-11-6-12-19-26/h4-12,14-19,23,27,31H,13,20-22H2,1-3H3/t23-,27?/m1/s1. The van der Waals surface area contributed by atoms with Gasteiger partial charge in [-0.3, -0.25) is 9.63 Å². The number of carbonyl (C=O) groups is 1. The van der Waals surface area contributed by atoms with Crippen LogP contribution in [0.2, 0.25) is 0 Å². The van der Waals surface area contributed by atoms with Gasteiger partial charge in [0.05, 0.1) is 13.2 Å². The molecule has 0 fully saturated rings. The van der Waals surface area contributed by atoms with Crippen molar-refractivity contribution in [2.75, 3.05) is 20.8 Å². The SMILES string of the molecule is CON(C)C(=O)[C@H](C)CC(O)CCCOC(c1ccccc1)(c1ccccc1)c1ccccc1. The van der Waals surface area contributed by atoms with Crippen LogP contribution in [0.3, 0.4) is 0 Å². The van der Waals surface area contributed by atoms with E-state index in [-0.39, 0.29) is 11.8 Å². The maximum atomic E-state index is 12.2. The van der Waals surface area contributed by atoms with Crippen molar-refractivity contribution in [3.63, 3.8) is 0 Å². The molecule has 5 heteroatoms. The third-order valence-electron chi connectivity index (χ3n) is 6.17. The van der Waals surface area contributed by atoms with Crippen LogP contribution in [0.5, 0.6) is 0 Å². The summed E-state index contributed by atoms with van der Waals surface area (Å²) in [7, 11) is 3.03. The Labute approximate surface area is 202 Å². The number of amides is 1. The van der Waals surface area contributed by atoms with Crippen molar-refractivity contribution in [3.8, 4) is 0 Å². The minimum atomic E-state index is -0.765. The van der Waals surface area contributed by atoms with Gasteiger partial charge in [0.25, 0.3) is 0 Å². The molecule has 0 aromatic heterocycles. The zero-order valence-corrected chi connectivity index (χ0v) is 20.3. The van der Waals surface area contributed by atoms with Gasteiger partial charge in [-0.25, -0.2) is 5.06 Å². The summed E-state index contributed by atoms with van der Waals surface area (Å²) in [6, 6.07) is 30.7. The van der Waals surface area contributed by atoms with Crippen LogP contribution in [0.25, 0.3) is 0 Å². The first-order valence-electron chi connectivity index (χ1n) is 11.8. The van der Waals surface area contributed by atoms with Crippen LogP contribution in [-0.2, 0) is 20.0 Å². The highest BCUT2D eigenvalue weighted by Crippen LogP contribution is 2.40. The number of hydrogen-bond acceptors (Lipinski definition) is 4. The van der Waals surface area contributed by atoms with Crippen LogP contribution in [0.15, 0.2) is 91.0 Å². The Hall–Kier alpha value is -2.99. The lowest BCUT2D eigenvalue weighted by molar-refractivity contribution is -0.173. The third kappa shape index (κ3) is 6.11. The van der Waals surface area contributed by atoms with E-state index in [9.17, 15) is 9.90 Å². The molecule has 3 aromatic rings. The third-order valence-corrected chi connectivity index (χ3v) is 6.17. The molecule has 3 rings (SSSR count). The average molecular weight is 462 g/mol. The Morgan fingerprint density at radius 3 is 1.74 bits per heavy atom. The Morgan fingerprint density at radius 1 is 0.882 bits per heavy atom. The van der Waals surface area contributed by atoms with E-state index in [2.05, 4.69) is 36.4 Å². The highest BCUT2D eigenvalue weighted by Gasteiger charge is 2.37. The van der Waals surface area contributed by atoms with Crippen molar-refractivity contribution in [3.05, 3.63) is 108 Å². The number of hydroxylamine groups is 2. The van der Waals surface area contributed by atoms with E-state index in [1.807, 2.05) is 61.5 Å². The molecule has 1 amide bonds. The molecule has 1 N–H and O–H groups in total. The van der Waals surface area contributed by atoms with Crippen LogP contribution in [0, 0.1) is 5.92 Å². The van der Waals surface area contributed by atoms with Crippen LogP contribution in [-0.4, -0.2) is 42.9 Å². The quantitative estimate of drug-likeness (QED) is 0.229. The fourth-order valence-corrected chi connectivity index (χ4v) is 4.34. The van der Waals surface area contributed by atoms with Crippen molar-refractivity contribution in [2.24, 2.45) is 5.92 Å². The van der Waals surface area contributed by atoms with E-state index in [0.717, 1.165) is 16.7 Å². The van der Waals surface area contributed by atoms with Gasteiger partial charge in [0, 0.05) is 19.6 Å². The number of aliphatic hydroxyl groups excluding tert-OH is 1. The van der Waals surface area contributed by atoms with Crippen LogP contribution >= 0.6 is 0 Å². The molecular weight excluding hydrogens is 426 g/mol. The van der Waals surface area contributed by atoms with Gasteiger partial charge < -0.3 is 9.84 Å². The molecule has 34 heavy (non-hydrogen) atoms. The second-order valence-corrected chi connectivity index (χ2v) is 8.58. The number of ether oxygens (including phenoxy) is 1. The highest BCUT2D eigenvalue weighted by atomic mass is 16.7. The van der Waals surface area contributed by atoms with Crippen LogP contribution in [0.1, 0.15) is 42.9 Å². The molecular formula is C29H35NO4. The number of carbonyl (C=O) groups excluding carboxylic acids is 1. The zero-order chi connectivity index (χ0) is 24.4. The van der Waals surface area contributed by atoms with E-state index in [0.29, 0.717) is 25.9 Å². The van der Waals surface area contributed by atoms with Gasteiger partial charge in [0.1, 0.15) is 5.60 Å². The van der Waals surface area contributed by atoms with Gasteiger partial charge in [0.15, 0.2) is 0 Å². The molecule has 0 aliphatic carbocycles. The Balaban J connectivity index is 1.77. The van der Waals surface area contributed by atoms with Crippen molar-refractivity contribution in [2.45, 2.75) is 37.9 Å². The van der Waals surface area contributed by atoms with Crippen molar-refractivity contribution in [1.82, 2.24) is 5.06 Å². The number of nitrogens with zero attached hydrogens (tertiary/aromatic N) is 1. The maximum absolute atomic E-state index is 12.2. The second-order valence-electron chi connectivity index (χ2n) is 8.58. The number of aliphatic hydroxyl groups is 1. The zero-order valence-electron chi connectivity index (χ0n) is 20.3. The summed E-state index contributed by atoms with van der Waals surface area (Å²) in [6.07, 6.45) is 1.000. The monoisotopic (exact) mass is 461 g/mol. The van der Waals surface area contributed by atoms with Gasteiger partial charge in [0.2, 0.25) is 5.91 Å². The summed E-state index contributed by atoms with van der Waals surface area (Å²) in [5, 5.41) is 11.7. The first-order valence-corrected chi connectivity index (χ1v) is 11.8. The molecule has 0 spiro atoms. The van der Waals surface area contributed by atoms with Crippen molar-refractivity contribution < 1.29 is 19.5 Å². The summed E-state index contributed by atoms with van der Waals surface area (Å²) in [5.41, 5.74) is 2.39. The fraction of sp³-hybridized carbons (Fsp3) is 0.345. The molecule has 0 radical (unpaired) electrons. The number of rotatable bonds is 12. The van der Waals surface area contributed by atoms with Crippen LogP contribution < -0.4 is 0 Å². The van der Waals surface area contributed by atoms with Gasteiger partial charge >= 0.3 is 0 Å². The van der Waals surface area contributed by atoms with Crippen molar-refractivity contribution in [1.29, 1.82) is 0 Å². The second kappa shape index (κ2) is 12.5. The molecule has 0 saturated carbocycles. The molecule has 3 aromatic carbocycles. The first kappa shape index (κ1) is 25.6. The normalized spacial score (nSPS) is 13.3. The maximum Gasteiger partial charge on any atom is 0.248 e. The molecule has 0 aliphatic rings. The van der Waals surface area contributed by atoms with Crippen LogP contribution in [0.4, 0.5) is 0 Å². The molecule has 1 unspecified atom stereocenters.